The molecule has 1 aromatic rings. The summed E-state index contributed by atoms with van der Waals surface area (Å²) in [7, 11) is 0. The molecular formula is C15H26N4O2S. The average molecular weight is 326 g/mol. The molecule has 1 saturated heterocycles. The van der Waals surface area contributed by atoms with Gasteiger partial charge in [-0.25, -0.2) is 0 Å². The highest BCUT2D eigenvalue weighted by molar-refractivity contribution is 7.08. The summed E-state index contributed by atoms with van der Waals surface area (Å²) in [6.45, 7) is 10.5. The minimum atomic E-state index is -0.0473. The van der Waals surface area contributed by atoms with Crippen LogP contribution in [0.1, 0.15) is 42.6 Å². The van der Waals surface area contributed by atoms with Crippen LogP contribution < -0.4 is 5.32 Å². The van der Waals surface area contributed by atoms with E-state index in [0.717, 1.165) is 44.8 Å². The molecule has 2 heterocycles. The van der Waals surface area contributed by atoms with Crippen LogP contribution in [0.3, 0.4) is 0 Å². The molecule has 22 heavy (non-hydrogen) atoms. The van der Waals surface area contributed by atoms with E-state index in [9.17, 15) is 4.79 Å². The largest absolute Gasteiger partial charge is 0.379 e. The summed E-state index contributed by atoms with van der Waals surface area (Å²) in [5, 5.41) is 7.07. The van der Waals surface area contributed by atoms with E-state index in [2.05, 4.69) is 33.7 Å². The molecule has 0 saturated carbocycles. The Hall–Kier alpha value is -1.05. The highest BCUT2D eigenvalue weighted by Crippen LogP contribution is 2.14. The van der Waals surface area contributed by atoms with Crippen LogP contribution >= 0.6 is 11.5 Å². The van der Waals surface area contributed by atoms with Gasteiger partial charge in [-0.05, 0) is 30.3 Å². The first-order valence-electron chi connectivity index (χ1n) is 8.03. The number of carbonyl (C=O) groups excluding carboxylic acids is 1. The molecule has 0 spiro atoms. The number of carbonyl (C=O) groups is 1. The van der Waals surface area contributed by atoms with E-state index < -0.39 is 0 Å². The first kappa shape index (κ1) is 17.3. The number of aromatic nitrogens is 2. The molecule has 1 N–H and O–H groups in total. The van der Waals surface area contributed by atoms with Crippen LogP contribution in [0, 0.1) is 5.92 Å². The normalized spacial score (nSPS) is 17.6. The van der Waals surface area contributed by atoms with Gasteiger partial charge < -0.3 is 10.1 Å². The molecule has 2 rings (SSSR count). The summed E-state index contributed by atoms with van der Waals surface area (Å²) in [4.78, 5) is 15.4. The van der Waals surface area contributed by atoms with Crippen molar-refractivity contribution in [1.82, 2.24) is 19.8 Å². The maximum atomic E-state index is 12.3. The maximum absolute atomic E-state index is 12.3. The van der Waals surface area contributed by atoms with Gasteiger partial charge in [-0.1, -0.05) is 25.3 Å². The molecule has 1 amide bonds. The van der Waals surface area contributed by atoms with Gasteiger partial charge in [0.2, 0.25) is 0 Å². The Morgan fingerprint density at radius 1 is 1.41 bits per heavy atom. The summed E-state index contributed by atoms with van der Waals surface area (Å²) >= 11 is 1.18. The Morgan fingerprint density at radius 3 is 2.77 bits per heavy atom. The van der Waals surface area contributed by atoms with E-state index in [1.807, 2.05) is 6.92 Å². The lowest BCUT2D eigenvalue weighted by atomic mass is 10.0. The number of morpholine rings is 1. The zero-order valence-electron chi connectivity index (χ0n) is 13.7. The molecule has 6 nitrogen and oxygen atoms in total. The number of hydrogen-bond donors (Lipinski definition) is 1. The van der Waals surface area contributed by atoms with E-state index in [-0.39, 0.29) is 5.91 Å². The van der Waals surface area contributed by atoms with Crippen molar-refractivity contribution in [3.8, 4) is 0 Å². The lowest BCUT2D eigenvalue weighted by molar-refractivity contribution is 0.0125. The van der Waals surface area contributed by atoms with Crippen molar-refractivity contribution in [1.29, 1.82) is 0 Å². The number of nitrogens with one attached hydrogen (secondary N) is 1. The number of ether oxygens (including phenoxy) is 1. The molecule has 1 aliphatic heterocycles. The van der Waals surface area contributed by atoms with Crippen LogP contribution in [0.5, 0.6) is 0 Å². The molecule has 1 fully saturated rings. The van der Waals surface area contributed by atoms with Crippen molar-refractivity contribution in [2.45, 2.75) is 39.7 Å². The molecule has 1 atom stereocenters. The lowest BCUT2D eigenvalue weighted by Crippen LogP contribution is -2.49. The smallest absolute Gasteiger partial charge is 0.265 e. The monoisotopic (exact) mass is 326 g/mol. The van der Waals surface area contributed by atoms with Gasteiger partial charge in [0.15, 0.2) is 0 Å². The van der Waals surface area contributed by atoms with Crippen molar-refractivity contribution in [3.05, 3.63) is 10.6 Å². The first-order valence-corrected chi connectivity index (χ1v) is 8.80. The van der Waals surface area contributed by atoms with Gasteiger partial charge in [0.1, 0.15) is 4.88 Å². The third-order valence-corrected chi connectivity index (χ3v) is 4.67. The summed E-state index contributed by atoms with van der Waals surface area (Å²) < 4.78 is 9.31. The van der Waals surface area contributed by atoms with E-state index in [1.165, 1.54) is 11.5 Å². The second-order valence-electron chi connectivity index (χ2n) is 6.04. The van der Waals surface area contributed by atoms with Crippen LogP contribution in [-0.4, -0.2) is 59.3 Å². The highest BCUT2D eigenvalue weighted by atomic mass is 32.1. The molecule has 0 bridgehead atoms. The van der Waals surface area contributed by atoms with Crippen molar-refractivity contribution >= 4 is 17.4 Å². The van der Waals surface area contributed by atoms with Crippen molar-refractivity contribution in [3.63, 3.8) is 0 Å². The van der Waals surface area contributed by atoms with Crippen molar-refractivity contribution in [2.24, 2.45) is 5.92 Å². The van der Waals surface area contributed by atoms with Crippen LogP contribution in [0.15, 0.2) is 0 Å². The third kappa shape index (κ3) is 4.72. The predicted octanol–water partition coefficient (Wildman–Crippen LogP) is 1.58. The van der Waals surface area contributed by atoms with Crippen LogP contribution in [0.25, 0.3) is 0 Å². The fourth-order valence-electron chi connectivity index (χ4n) is 2.75. The fourth-order valence-corrected chi connectivity index (χ4v) is 3.42. The molecule has 124 valence electrons. The molecule has 0 aliphatic carbocycles. The number of amides is 1. The second-order valence-corrected chi connectivity index (χ2v) is 6.80. The maximum Gasteiger partial charge on any atom is 0.265 e. The zero-order valence-corrected chi connectivity index (χ0v) is 14.5. The van der Waals surface area contributed by atoms with E-state index in [0.29, 0.717) is 23.4 Å². The molecule has 7 heteroatoms. The number of hydrogen-bond acceptors (Lipinski definition) is 6. The quantitative estimate of drug-likeness (QED) is 0.824. The van der Waals surface area contributed by atoms with Crippen LogP contribution in [-0.2, 0) is 11.2 Å². The molecular weight excluding hydrogens is 300 g/mol. The average Bonchev–Trinajstić information content (AvgIpc) is 3.00. The summed E-state index contributed by atoms with van der Waals surface area (Å²) in [6, 6.07) is 0.360. The predicted molar refractivity (Wildman–Crippen MR) is 87.3 cm³/mol. The molecule has 1 aromatic heterocycles. The third-order valence-electron chi connectivity index (χ3n) is 3.90. The summed E-state index contributed by atoms with van der Waals surface area (Å²) in [6.07, 6.45) is 1.81. The van der Waals surface area contributed by atoms with Gasteiger partial charge in [-0.3, -0.25) is 9.69 Å². The molecule has 0 unspecified atom stereocenters. The standard InChI is InChI=1S/C15H26N4O2S/c1-4-13-14(22-18-17-13)15(20)16-10-12(9-11(2)3)19-5-7-21-8-6-19/h11-12H,4-10H2,1-3H3,(H,16,20)/t12-/m1/s1. The van der Waals surface area contributed by atoms with Crippen molar-refractivity contribution in [2.75, 3.05) is 32.8 Å². The second kappa shape index (κ2) is 8.55. The van der Waals surface area contributed by atoms with Crippen LogP contribution in [0.2, 0.25) is 0 Å². The van der Waals surface area contributed by atoms with Crippen LogP contribution in [0.4, 0.5) is 0 Å². The fraction of sp³-hybridized carbons (Fsp3) is 0.800. The van der Waals surface area contributed by atoms with Gasteiger partial charge in [-0.2, -0.15) is 0 Å². The Morgan fingerprint density at radius 2 is 2.14 bits per heavy atom. The molecule has 0 aromatic carbocycles. The molecule has 0 radical (unpaired) electrons. The van der Waals surface area contributed by atoms with Crippen molar-refractivity contribution < 1.29 is 9.53 Å². The SMILES string of the molecule is CCc1nnsc1C(=O)NC[C@@H](CC(C)C)N1CCOCC1. The minimum Gasteiger partial charge on any atom is -0.379 e. The number of rotatable bonds is 7. The Labute approximate surface area is 136 Å². The Balaban J connectivity index is 1.93. The Kier molecular flexibility index (Phi) is 6.72. The minimum absolute atomic E-state index is 0.0473. The first-order chi connectivity index (χ1) is 10.6. The van der Waals surface area contributed by atoms with E-state index >= 15 is 0 Å². The van der Waals surface area contributed by atoms with Gasteiger partial charge in [0, 0.05) is 25.7 Å². The van der Waals surface area contributed by atoms with Gasteiger partial charge in [0.05, 0.1) is 18.9 Å². The number of nitrogens with zero attached hydrogens (tertiary/aromatic N) is 3. The summed E-state index contributed by atoms with van der Waals surface area (Å²) in [5.41, 5.74) is 0.786. The molecule has 1 aliphatic rings. The van der Waals surface area contributed by atoms with Gasteiger partial charge in [0.25, 0.3) is 5.91 Å². The zero-order chi connectivity index (χ0) is 15.9. The van der Waals surface area contributed by atoms with Gasteiger partial charge in [-0.15, -0.1) is 5.10 Å². The number of aryl methyl sites for hydroxylation is 1. The summed E-state index contributed by atoms with van der Waals surface area (Å²) in [5.74, 6) is 0.551. The van der Waals surface area contributed by atoms with E-state index in [4.69, 9.17) is 4.74 Å². The lowest BCUT2D eigenvalue weighted by Gasteiger charge is -2.35. The Bertz CT molecular complexity index is 472. The topological polar surface area (TPSA) is 67.4 Å². The van der Waals surface area contributed by atoms with Gasteiger partial charge >= 0.3 is 0 Å². The highest BCUT2D eigenvalue weighted by Gasteiger charge is 2.23. The van der Waals surface area contributed by atoms with E-state index in [1.54, 1.807) is 0 Å².